The summed E-state index contributed by atoms with van der Waals surface area (Å²) in [7, 11) is 0. The van der Waals surface area contributed by atoms with E-state index in [1.807, 2.05) is 12.1 Å². The molecule has 0 aliphatic carbocycles. The lowest BCUT2D eigenvalue weighted by molar-refractivity contribution is 0.954. The third kappa shape index (κ3) is 1.79. The summed E-state index contributed by atoms with van der Waals surface area (Å²) in [4.78, 5) is 0. The van der Waals surface area contributed by atoms with E-state index in [0.29, 0.717) is 6.54 Å². The van der Waals surface area contributed by atoms with Crippen LogP contribution in [0.2, 0.25) is 5.02 Å². The molecule has 0 saturated heterocycles. The molecule has 0 aliphatic heterocycles. The predicted molar refractivity (Wildman–Crippen MR) is 53.7 cm³/mol. The Kier molecular flexibility index (Phi) is 3.12. The van der Waals surface area contributed by atoms with Gasteiger partial charge in [0.25, 0.3) is 0 Å². The van der Waals surface area contributed by atoms with Crippen LogP contribution in [0.3, 0.4) is 0 Å². The molecule has 0 bridgehead atoms. The van der Waals surface area contributed by atoms with Gasteiger partial charge in [0.05, 0.1) is 0 Å². The number of aryl methyl sites for hydroxylation is 1. The molecule has 2 N–H and O–H groups in total. The standard InChI is InChI=1S/C10H14ClN/c1-7-3-4-10(11)9(5-6-12)8(7)2/h3-4H,5-6,12H2,1-2H3. The van der Waals surface area contributed by atoms with E-state index in [4.69, 9.17) is 17.3 Å². The van der Waals surface area contributed by atoms with Gasteiger partial charge in [-0.1, -0.05) is 17.7 Å². The zero-order valence-corrected chi connectivity index (χ0v) is 8.28. The highest BCUT2D eigenvalue weighted by Gasteiger charge is 2.04. The Hall–Kier alpha value is -0.530. The van der Waals surface area contributed by atoms with E-state index in [1.54, 1.807) is 0 Å². The minimum Gasteiger partial charge on any atom is -0.330 e. The molecule has 0 atom stereocenters. The van der Waals surface area contributed by atoms with Gasteiger partial charge in [-0.3, -0.25) is 0 Å². The smallest absolute Gasteiger partial charge is 0.0441 e. The van der Waals surface area contributed by atoms with E-state index in [1.165, 1.54) is 16.7 Å². The minimum atomic E-state index is 0.657. The monoisotopic (exact) mass is 183 g/mol. The second-order valence-corrected chi connectivity index (χ2v) is 3.41. The minimum absolute atomic E-state index is 0.657. The quantitative estimate of drug-likeness (QED) is 0.749. The highest BCUT2D eigenvalue weighted by molar-refractivity contribution is 6.31. The van der Waals surface area contributed by atoms with Crippen molar-refractivity contribution >= 4 is 11.6 Å². The van der Waals surface area contributed by atoms with Gasteiger partial charge in [-0.25, -0.2) is 0 Å². The summed E-state index contributed by atoms with van der Waals surface area (Å²) in [6.07, 6.45) is 0.867. The van der Waals surface area contributed by atoms with Crippen LogP contribution in [0.25, 0.3) is 0 Å². The zero-order chi connectivity index (χ0) is 9.14. The molecule has 1 aromatic rings. The lowest BCUT2D eigenvalue weighted by Crippen LogP contribution is -2.05. The summed E-state index contributed by atoms with van der Waals surface area (Å²) in [6.45, 7) is 4.84. The number of benzene rings is 1. The SMILES string of the molecule is Cc1ccc(Cl)c(CCN)c1C. The van der Waals surface area contributed by atoms with Crippen molar-refractivity contribution in [2.24, 2.45) is 5.73 Å². The number of nitrogens with two attached hydrogens (primary N) is 1. The van der Waals surface area contributed by atoms with E-state index >= 15 is 0 Å². The second kappa shape index (κ2) is 3.92. The molecule has 12 heavy (non-hydrogen) atoms. The molecule has 0 aliphatic rings. The molecule has 0 amide bonds. The van der Waals surface area contributed by atoms with Crippen molar-refractivity contribution in [3.8, 4) is 0 Å². The van der Waals surface area contributed by atoms with Crippen molar-refractivity contribution < 1.29 is 0 Å². The zero-order valence-electron chi connectivity index (χ0n) is 7.52. The van der Waals surface area contributed by atoms with Crippen molar-refractivity contribution in [2.75, 3.05) is 6.54 Å². The van der Waals surface area contributed by atoms with Crippen LogP contribution < -0.4 is 5.73 Å². The van der Waals surface area contributed by atoms with Crippen LogP contribution in [0.4, 0.5) is 0 Å². The first-order chi connectivity index (χ1) is 5.66. The number of halogens is 1. The molecule has 1 nitrogen and oxygen atoms in total. The molecule has 0 unspecified atom stereocenters. The van der Waals surface area contributed by atoms with Crippen LogP contribution in [0.1, 0.15) is 16.7 Å². The molecule has 1 aromatic carbocycles. The van der Waals surface area contributed by atoms with Crippen LogP contribution in [-0.4, -0.2) is 6.54 Å². The summed E-state index contributed by atoms with van der Waals surface area (Å²) in [6, 6.07) is 3.98. The summed E-state index contributed by atoms with van der Waals surface area (Å²) < 4.78 is 0. The number of hydrogen-bond acceptors (Lipinski definition) is 1. The molecule has 0 heterocycles. The third-order valence-corrected chi connectivity index (χ3v) is 2.56. The van der Waals surface area contributed by atoms with Gasteiger partial charge in [0.1, 0.15) is 0 Å². The maximum absolute atomic E-state index is 6.02. The fourth-order valence-corrected chi connectivity index (χ4v) is 1.59. The van der Waals surface area contributed by atoms with Gasteiger partial charge < -0.3 is 5.73 Å². The first kappa shape index (κ1) is 9.56. The lowest BCUT2D eigenvalue weighted by Gasteiger charge is -2.09. The fourth-order valence-electron chi connectivity index (χ4n) is 1.29. The first-order valence-electron chi connectivity index (χ1n) is 4.11. The predicted octanol–water partition coefficient (Wildman–Crippen LogP) is 2.46. The topological polar surface area (TPSA) is 26.0 Å². The molecule has 0 aromatic heterocycles. The summed E-state index contributed by atoms with van der Waals surface area (Å²) in [5, 5.41) is 0.837. The summed E-state index contributed by atoms with van der Waals surface area (Å²) >= 11 is 6.02. The van der Waals surface area contributed by atoms with Gasteiger partial charge in [-0.2, -0.15) is 0 Å². The van der Waals surface area contributed by atoms with Crippen LogP contribution in [0.15, 0.2) is 12.1 Å². The molecule has 2 heteroatoms. The average Bonchev–Trinajstić information content (AvgIpc) is 2.06. The Balaban J connectivity index is 3.14. The van der Waals surface area contributed by atoms with Crippen molar-refractivity contribution in [3.05, 3.63) is 33.8 Å². The molecular formula is C10H14ClN. The molecular weight excluding hydrogens is 170 g/mol. The molecule has 66 valence electrons. The van der Waals surface area contributed by atoms with Crippen molar-refractivity contribution in [2.45, 2.75) is 20.3 Å². The lowest BCUT2D eigenvalue weighted by atomic mass is 10.0. The van der Waals surface area contributed by atoms with Crippen LogP contribution in [0.5, 0.6) is 0 Å². The van der Waals surface area contributed by atoms with Gasteiger partial charge in [0.15, 0.2) is 0 Å². The van der Waals surface area contributed by atoms with Crippen molar-refractivity contribution in [1.82, 2.24) is 0 Å². The van der Waals surface area contributed by atoms with Crippen molar-refractivity contribution in [1.29, 1.82) is 0 Å². The van der Waals surface area contributed by atoms with E-state index in [2.05, 4.69) is 13.8 Å². The molecule has 0 radical (unpaired) electrons. The van der Waals surface area contributed by atoms with Crippen molar-refractivity contribution in [3.63, 3.8) is 0 Å². The molecule has 0 spiro atoms. The van der Waals surface area contributed by atoms with Gasteiger partial charge in [0.2, 0.25) is 0 Å². The maximum atomic E-state index is 6.02. The van der Waals surface area contributed by atoms with E-state index in [9.17, 15) is 0 Å². The van der Waals surface area contributed by atoms with Crippen LogP contribution in [-0.2, 0) is 6.42 Å². The van der Waals surface area contributed by atoms with E-state index < -0.39 is 0 Å². The van der Waals surface area contributed by atoms with Gasteiger partial charge >= 0.3 is 0 Å². The second-order valence-electron chi connectivity index (χ2n) is 3.01. The normalized spacial score (nSPS) is 10.3. The Bertz CT molecular complexity index is 281. The fraction of sp³-hybridized carbons (Fsp3) is 0.400. The van der Waals surface area contributed by atoms with Gasteiger partial charge in [0, 0.05) is 5.02 Å². The van der Waals surface area contributed by atoms with E-state index in [-0.39, 0.29) is 0 Å². The highest BCUT2D eigenvalue weighted by atomic mass is 35.5. The van der Waals surface area contributed by atoms with Gasteiger partial charge in [-0.15, -0.1) is 0 Å². The number of rotatable bonds is 2. The number of hydrogen-bond donors (Lipinski definition) is 1. The Labute approximate surface area is 78.5 Å². The largest absolute Gasteiger partial charge is 0.330 e. The van der Waals surface area contributed by atoms with Gasteiger partial charge in [-0.05, 0) is 49.6 Å². The van der Waals surface area contributed by atoms with Crippen LogP contribution >= 0.6 is 11.6 Å². The average molecular weight is 184 g/mol. The molecule has 1 rings (SSSR count). The first-order valence-corrected chi connectivity index (χ1v) is 4.49. The summed E-state index contributed by atoms with van der Waals surface area (Å²) in [5.41, 5.74) is 9.24. The van der Waals surface area contributed by atoms with Crippen LogP contribution in [0, 0.1) is 13.8 Å². The third-order valence-electron chi connectivity index (χ3n) is 2.21. The molecule has 0 fully saturated rings. The molecule has 0 saturated carbocycles. The van der Waals surface area contributed by atoms with E-state index in [0.717, 1.165) is 11.4 Å². The highest BCUT2D eigenvalue weighted by Crippen LogP contribution is 2.22. The summed E-state index contributed by atoms with van der Waals surface area (Å²) in [5.74, 6) is 0. The Morgan fingerprint density at radius 3 is 2.58 bits per heavy atom. The Morgan fingerprint density at radius 1 is 1.33 bits per heavy atom. The maximum Gasteiger partial charge on any atom is 0.0441 e. The Morgan fingerprint density at radius 2 is 2.00 bits per heavy atom.